The van der Waals surface area contributed by atoms with Crippen LogP contribution >= 0.6 is 0 Å². The fraction of sp³-hybridized carbons (Fsp3) is 0.471. The third-order valence-corrected chi connectivity index (χ3v) is 4.26. The minimum Gasteiger partial charge on any atom is -0.494 e. The van der Waals surface area contributed by atoms with Crippen LogP contribution in [0.4, 0.5) is 5.82 Å². The van der Waals surface area contributed by atoms with E-state index in [2.05, 4.69) is 28.0 Å². The zero-order valence-electron chi connectivity index (χ0n) is 13.2. The van der Waals surface area contributed by atoms with Gasteiger partial charge in [-0.3, -0.25) is 4.90 Å². The van der Waals surface area contributed by atoms with Crippen LogP contribution in [-0.4, -0.2) is 56.3 Å². The topological polar surface area (TPSA) is 54.6 Å². The van der Waals surface area contributed by atoms with Crippen molar-refractivity contribution in [3.63, 3.8) is 0 Å². The Kier molecular flexibility index (Phi) is 4.75. The van der Waals surface area contributed by atoms with E-state index in [1.54, 1.807) is 7.11 Å². The minimum atomic E-state index is 0.770. The van der Waals surface area contributed by atoms with E-state index in [1.807, 2.05) is 12.1 Å². The Labute approximate surface area is 131 Å². The molecule has 1 aromatic carbocycles. The second kappa shape index (κ2) is 6.94. The molecule has 0 aliphatic carbocycles. The van der Waals surface area contributed by atoms with Crippen molar-refractivity contribution in [2.75, 3.05) is 51.3 Å². The van der Waals surface area contributed by atoms with Crippen LogP contribution in [0.25, 0.3) is 10.9 Å². The van der Waals surface area contributed by atoms with Gasteiger partial charge in [0.05, 0.1) is 7.11 Å². The van der Waals surface area contributed by atoms with Gasteiger partial charge in [-0.05, 0) is 37.7 Å². The molecule has 1 saturated heterocycles. The van der Waals surface area contributed by atoms with Crippen LogP contribution < -0.4 is 15.4 Å². The molecular formula is C17H24N4O. The van der Waals surface area contributed by atoms with Crippen LogP contribution in [0.15, 0.2) is 30.3 Å². The first-order valence-corrected chi connectivity index (χ1v) is 7.93. The standard InChI is InChI=1S/C17H24N4O/c1-22-15-5-2-4-14-6-7-16(19-17(14)15)21-12-10-20(11-13-21)9-3-8-18/h2,4-7H,3,8-13,18H2,1H3. The maximum atomic E-state index is 5.59. The second-order valence-electron chi connectivity index (χ2n) is 5.67. The van der Waals surface area contributed by atoms with Crippen LogP contribution in [-0.2, 0) is 0 Å². The Hall–Kier alpha value is -1.85. The average Bonchev–Trinajstić information content (AvgIpc) is 2.59. The number of rotatable bonds is 5. The van der Waals surface area contributed by atoms with Gasteiger partial charge in [-0.1, -0.05) is 12.1 Å². The molecule has 118 valence electrons. The molecule has 22 heavy (non-hydrogen) atoms. The number of hydrogen-bond acceptors (Lipinski definition) is 5. The Balaban J connectivity index is 1.74. The molecule has 3 rings (SSSR count). The molecule has 1 aromatic heterocycles. The maximum Gasteiger partial charge on any atom is 0.145 e. The highest BCUT2D eigenvalue weighted by atomic mass is 16.5. The molecule has 0 bridgehead atoms. The smallest absolute Gasteiger partial charge is 0.145 e. The lowest BCUT2D eigenvalue weighted by Gasteiger charge is -2.35. The van der Waals surface area contributed by atoms with Crippen molar-refractivity contribution in [3.05, 3.63) is 30.3 Å². The molecule has 0 atom stereocenters. The van der Waals surface area contributed by atoms with Crippen LogP contribution in [0.1, 0.15) is 6.42 Å². The number of methoxy groups -OCH3 is 1. The summed E-state index contributed by atoms with van der Waals surface area (Å²) in [6.45, 7) is 6.04. The fourth-order valence-electron chi connectivity index (χ4n) is 2.97. The van der Waals surface area contributed by atoms with Gasteiger partial charge >= 0.3 is 0 Å². The predicted molar refractivity (Wildman–Crippen MR) is 90.6 cm³/mol. The first kappa shape index (κ1) is 15.1. The summed E-state index contributed by atoms with van der Waals surface area (Å²) < 4.78 is 5.43. The van der Waals surface area contributed by atoms with Gasteiger partial charge in [0.25, 0.3) is 0 Å². The van der Waals surface area contributed by atoms with E-state index in [9.17, 15) is 0 Å². The van der Waals surface area contributed by atoms with E-state index in [4.69, 9.17) is 15.5 Å². The summed E-state index contributed by atoms with van der Waals surface area (Å²) in [5.74, 6) is 1.87. The number of para-hydroxylation sites is 1. The van der Waals surface area contributed by atoms with Gasteiger partial charge < -0.3 is 15.4 Å². The Morgan fingerprint density at radius 3 is 2.68 bits per heavy atom. The van der Waals surface area contributed by atoms with Crippen LogP contribution in [0.2, 0.25) is 0 Å². The van der Waals surface area contributed by atoms with Crippen molar-refractivity contribution in [2.45, 2.75) is 6.42 Å². The van der Waals surface area contributed by atoms with Crippen molar-refractivity contribution in [1.82, 2.24) is 9.88 Å². The molecule has 0 saturated carbocycles. The zero-order chi connectivity index (χ0) is 15.4. The summed E-state index contributed by atoms with van der Waals surface area (Å²) in [6.07, 6.45) is 1.07. The molecular weight excluding hydrogens is 276 g/mol. The highest BCUT2D eigenvalue weighted by molar-refractivity contribution is 5.85. The summed E-state index contributed by atoms with van der Waals surface area (Å²) in [4.78, 5) is 9.65. The number of ether oxygens (including phenoxy) is 1. The minimum absolute atomic E-state index is 0.770. The lowest BCUT2D eigenvalue weighted by molar-refractivity contribution is 0.256. The number of benzene rings is 1. The molecule has 2 N–H and O–H groups in total. The average molecular weight is 300 g/mol. The van der Waals surface area contributed by atoms with E-state index >= 15 is 0 Å². The fourth-order valence-corrected chi connectivity index (χ4v) is 2.97. The van der Waals surface area contributed by atoms with Crippen LogP contribution in [0.5, 0.6) is 5.75 Å². The Morgan fingerprint density at radius 1 is 1.14 bits per heavy atom. The number of nitrogens with zero attached hydrogens (tertiary/aromatic N) is 3. The third-order valence-electron chi connectivity index (χ3n) is 4.26. The normalized spacial score (nSPS) is 16.2. The highest BCUT2D eigenvalue weighted by Gasteiger charge is 2.18. The third kappa shape index (κ3) is 3.15. The van der Waals surface area contributed by atoms with Crippen LogP contribution in [0.3, 0.4) is 0 Å². The molecule has 5 heteroatoms. The number of nitrogens with two attached hydrogens (primary N) is 1. The van der Waals surface area contributed by atoms with E-state index in [0.717, 1.165) is 68.2 Å². The largest absolute Gasteiger partial charge is 0.494 e. The summed E-state index contributed by atoms with van der Waals surface area (Å²) in [6, 6.07) is 10.3. The van der Waals surface area contributed by atoms with Crippen molar-refractivity contribution in [2.24, 2.45) is 5.73 Å². The molecule has 1 fully saturated rings. The van der Waals surface area contributed by atoms with Crippen molar-refractivity contribution < 1.29 is 4.74 Å². The van der Waals surface area contributed by atoms with E-state index in [0.29, 0.717) is 0 Å². The van der Waals surface area contributed by atoms with Gasteiger partial charge in [-0.25, -0.2) is 4.98 Å². The van der Waals surface area contributed by atoms with Gasteiger partial charge in [0, 0.05) is 31.6 Å². The van der Waals surface area contributed by atoms with Crippen molar-refractivity contribution in [3.8, 4) is 5.75 Å². The lowest BCUT2D eigenvalue weighted by atomic mass is 10.2. The van der Waals surface area contributed by atoms with Gasteiger partial charge in [0.1, 0.15) is 17.1 Å². The van der Waals surface area contributed by atoms with Gasteiger partial charge in [0.2, 0.25) is 0 Å². The molecule has 0 unspecified atom stereocenters. The lowest BCUT2D eigenvalue weighted by Crippen LogP contribution is -2.47. The number of hydrogen-bond donors (Lipinski definition) is 1. The van der Waals surface area contributed by atoms with E-state index < -0.39 is 0 Å². The number of aromatic nitrogens is 1. The molecule has 0 amide bonds. The molecule has 5 nitrogen and oxygen atoms in total. The number of anilines is 1. The summed E-state index contributed by atoms with van der Waals surface area (Å²) in [5.41, 5.74) is 6.52. The monoisotopic (exact) mass is 300 g/mol. The van der Waals surface area contributed by atoms with Crippen LogP contribution in [0, 0.1) is 0 Å². The first-order chi connectivity index (χ1) is 10.8. The SMILES string of the molecule is COc1cccc2ccc(N3CCN(CCCN)CC3)nc12. The molecule has 1 aliphatic heterocycles. The second-order valence-corrected chi connectivity index (χ2v) is 5.67. The van der Waals surface area contributed by atoms with E-state index in [-0.39, 0.29) is 0 Å². The maximum absolute atomic E-state index is 5.59. The zero-order valence-corrected chi connectivity index (χ0v) is 13.2. The molecule has 1 aliphatic rings. The highest BCUT2D eigenvalue weighted by Crippen LogP contribution is 2.26. The van der Waals surface area contributed by atoms with Crippen molar-refractivity contribution >= 4 is 16.7 Å². The van der Waals surface area contributed by atoms with Gasteiger partial charge in [-0.2, -0.15) is 0 Å². The molecule has 2 heterocycles. The first-order valence-electron chi connectivity index (χ1n) is 7.93. The number of pyridine rings is 1. The summed E-state index contributed by atoms with van der Waals surface area (Å²) in [5, 5.41) is 1.12. The quantitative estimate of drug-likeness (QED) is 0.911. The number of piperazine rings is 1. The van der Waals surface area contributed by atoms with Gasteiger partial charge in [0.15, 0.2) is 0 Å². The van der Waals surface area contributed by atoms with Gasteiger partial charge in [-0.15, -0.1) is 0 Å². The summed E-state index contributed by atoms with van der Waals surface area (Å²) in [7, 11) is 1.69. The predicted octanol–water partition coefficient (Wildman–Crippen LogP) is 1.71. The Bertz CT molecular complexity index is 623. The summed E-state index contributed by atoms with van der Waals surface area (Å²) >= 11 is 0. The molecule has 2 aromatic rings. The number of fused-ring (bicyclic) bond motifs is 1. The molecule has 0 spiro atoms. The van der Waals surface area contributed by atoms with E-state index in [1.165, 1.54) is 0 Å². The molecule has 0 radical (unpaired) electrons. The van der Waals surface area contributed by atoms with Crippen molar-refractivity contribution in [1.29, 1.82) is 0 Å². The Morgan fingerprint density at radius 2 is 1.95 bits per heavy atom.